The molecule has 6 heteroatoms. The molecule has 1 unspecified atom stereocenters. The highest BCUT2D eigenvalue weighted by Gasteiger charge is 2.37. The predicted octanol–water partition coefficient (Wildman–Crippen LogP) is 3.00. The Balaban J connectivity index is 2.22. The lowest BCUT2D eigenvalue weighted by Crippen LogP contribution is -2.47. The van der Waals surface area contributed by atoms with Crippen molar-refractivity contribution in [1.29, 1.82) is 0 Å². The maximum atomic E-state index is 12.5. The van der Waals surface area contributed by atoms with E-state index in [1.807, 2.05) is 0 Å². The van der Waals surface area contributed by atoms with E-state index in [-0.39, 0.29) is 0 Å². The molecular weight excluding hydrogens is 271 g/mol. The van der Waals surface area contributed by atoms with Gasteiger partial charge >= 0.3 is 12.1 Å². The van der Waals surface area contributed by atoms with Crippen LogP contribution < -0.4 is 5.32 Å². The van der Waals surface area contributed by atoms with Gasteiger partial charge in [0.2, 0.25) is 0 Å². The van der Waals surface area contributed by atoms with Crippen LogP contribution in [-0.2, 0) is 16.5 Å². The van der Waals surface area contributed by atoms with Crippen LogP contribution >= 0.6 is 0 Å². The van der Waals surface area contributed by atoms with Crippen LogP contribution in [0.25, 0.3) is 0 Å². The Labute approximate surface area is 114 Å². The Hall–Kier alpha value is -1.56. The highest BCUT2D eigenvalue weighted by atomic mass is 19.4. The van der Waals surface area contributed by atoms with Crippen molar-refractivity contribution < 1.29 is 23.1 Å². The number of carboxylic acid groups (broad SMARTS) is 1. The van der Waals surface area contributed by atoms with Crippen molar-refractivity contribution in [2.75, 3.05) is 6.54 Å². The van der Waals surface area contributed by atoms with Gasteiger partial charge in [-0.05, 0) is 49.9 Å². The van der Waals surface area contributed by atoms with Gasteiger partial charge in [0, 0.05) is 0 Å². The number of hydrogen-bond acceptors (Lipinski definition) is 2. The zero-order valence-corrected chi connectivity index (χ0v) is 11.0. The van der Waals surface area contributed by atoms with Crippen molar-refractivity contribution in [3.05, 3.63) is 35.4 Å². The highest BCUT2D eigenvalue weighted by Crippen LogP contribution is 2.32. The van der Waals surface area contributed by atoms with E-state index in [2.05, 4.69) is 5.32 Å². The van der Waals surface area contributed by atoms with Crippen molar-refractivity contribution in [2.24, 2.45) is 5.92 Å². The summed E-state index contributed by atoms with van der Waals surface area (Å²) in [6, 6.07) is 4.26. The number of halogens is 3. The van der Waals surface area contributed by atoms with Gasteiger partial charge in [0.05, 0.1) is 5.56 Å². The van der Waals surface area contributed by atoms with Crippen molar-refractivity contribution in [3.63, 3.8) is 0 Å². The Bertz CT molecular complexity index is 494. The second-order valence-electron chi connectivity index (χ2n) is 5.33. The van der Waals surface area contributed by atoms with E-state index in [4.69, 9.17) is 0 Å². The molecule has 1 aromatic carbocycles. The largest absolute Gasteiger partial charge is 0.480 e. The van der Waals surface area contributed by atoms with E-state index < -0.39 is 23.2 Å². The molecule has 0 aliphatic heterocycles. The molecule has 0 saturated heterocycles. The zero-order chi connectivity index (χ0) is 15.0. The third kappa shape index (κ3) is 3.12. The first-order chi connectivity index (χ1) is 9.23. The van der Waals surface area contributed by atoms with Crippen LogP contribution in [0.15, 0.2) is 24.3 Å². The molecule has 2 N–H and O–H groups in total. The average molecular weight is 287 g/mol. The molecule has 0 spiro atoms. The number of carboxylic acids is 1. The summed E-state index contributed by atoms with van der Waals surface area (Å²) in [5.41, 5.74) is -1.83. The maximum Gasteiger partial charge on any atom is 0.416 e. The summed E-state index contributed by atoms with van der Waals surface area (Å²) in [7, 11) is 0. The topological polar surface area (TPSA) is 49.3 Å². The van der Waals surface area contributed by atoms with Crippen LogP contribution in [0.4, 0.5) is 13.2 Å². The quantitative estimate of drug-likeness (QED) is 0.875. The summed E-state index contributed by atoms with van der Waals surface area (Å²) in [5.74, 6) is -0.624. The van der Waals surface area contributed by atoms with Crippen molar-refractivity contribution in [3.8, 4) is 0 Å². The first-order valence-corrected chi connectivity index (χ1v) is 6.39. The molecule has 1 atom stereocenters. The number of alkyl halides is 3. The van der Waals surface area contributed by atoms with Gasteiger partial charge in [0.25, 0.3) is 0 Å². The van der Waals surface area contributed by atoms with Crippen LogP contribution in [0.2, 0.25) is 0 Å². The van der Waals surface area contributed by atoms with Crippen LogP contribution in [0.3, 0.4) is 0 Å². The second kappa shape index (κ2) is 5.09. The number of benzene rings is 1. The van der Waals surface area contributed by atoms with Crippen molar-refractivity contribution in [1.82, 2.24) is 5.32 Å². The monoisotopic (exact) mass is 287 g/mol. The fraction of sp³-hybridized carbons (Fsp3) is 0.500. The molecule has 20 heavy (non-hydrogen) atoms. The van der Waals surface area contributed by atoms with Crippen LogP contribution in [-0.4, -0.2) is 17.6 Å². The van der Waals surface area contributed by atoms with E-state index in [1.54, 1.807) is 0 Å². The summed E-state index contributed by atoms with van der Waals surface area (Å²) in [6.07, 6.45) is -2.29. The zero-order valence-electron chi connectivity index (χ0n) is 11.0. The first-order valence-electron chi connectivity index (χ1n) is 6.39. The number of hydrogen-bond donors (Lipinski definition) is 2. The van der Waals surface area contributed by atoms with Gasteiger partial charge in [-0.1, -0.05) is 12.1 Å². The minimum absolute atomic E-state index is 0.318. The van der Waals surface area contributed by atoms with Crippen LogP contribution in [0, 0.1) is 5.92 Å². The molecule has 0 aromatic heterocycles. The molecule has 1 aliphatic rings. The van der Waals surface area contributed by atoms with E-state index in [0.29, 0.717) is 18.0 Å². The summed E-state index contributed by atoms with van der Waals surface area (Å²) in [5, 5.41) is 12.3. The Morgan fingerprint density at radius 1 is 1.25 bits per heavy atom. The van der Waals surface area contributed by atoms with Gasteiger partial charge < -0.3 is 5.11 Å². The predicted molar refractivity (Wildman–Crippen MR) is 67.2 cm³/mol. The third-order valence-corrected chi connectivity index (χ3v) is 3.66. The van der Waals surface area contributed by atoms with Gasteiger partial charge in [0.15, 0.2) is 0 Å². The minimum Gasteiger partial charge on any atom is -0.480 e. The molecule has 0 radical (unpaired) electrons. The summed E-state index contributed by atoms with van der Waals surface area (Å²) < 4.78 is 37.5. The summed E-state index contributed by atoms with van der Waals surface area (Å²) >= 11 is 0. The van der Waals surface area contributed by atoms with Gasteiger partial charge in [-0.2, -0.15) is 13.2 Å². The lowest BCUT2D eigenvalue weighted by atomic mass is 9.91. The molecule has 0 amide bonds. The Morgan fingerprint density at radius 3 is 2.15 bits per heavy atom. The maximum absolute atomic E-state index is 12.5. The summed E-state index contributed by atoms with van der Waals surface area (Å²) in [6.45, 7) is 2.03. The molecule has 1 aliphatic carbocycles. The van der Waals surface area contributed by atoms with E-state index >= 15 is 0 Å². The normalized spacial score (nSPS) is 18.6. The van der Waals surface area contributed by atoms with Gasteiger partial charge in [-0.3, -0.25) is 5.32 Å². The Kier molecular flexibility index (Phi) is 3.77. The number of aliphatic carboxylic acids is 1. The number of nitrogens with one attached hydrogen (secondary N) is 1. The van der Waals surface area contributed by atoms with Gasteiger partial charge in [-0.25, -0.2) is 4.79 Å². The Morgan fingerprint density at radius 2 is 1.75 bits per heavy atom. The van der Waals surface area contributed by atoms with Crippen molar-refractivity contribution in [2.45, 2.75) is 31.5 Å². The van der Waals surface area contributed by atoms with Crippen LogP contribution in [0.1, 0.15) is 30.9 Å². The molecule has 0 bridgehead atoms. The van der Waals surface area contributed by atoms with Crippen molar-refractivity contribution >= 4 is 5.97 Å². The SMILES string of the molecule is CC(NCC1CC1)(C(=O)O)c1ccc(C(F)(F)F)cc1. The minimum atomic E-state index is -4.42. The van der Waals surface area contributed by atoms with Crippen LogP contribution in [0.5, 0.6) is 0 Å². The lowest BCUT2D eigenvalue weighted by molar-refractivity contribution is -0.144. The molecule has 1 fully saturated rings. The number of rotatable bonds is 5. The molecular formula is C14H16F3NO2. The molecule has 1 saturated carbocycles. The average Bonchev–Trinajstić information content (AvgIpc) is 3.19. The molecule has 1 aromatic rings. The van der Waals surface area contributed by atoms with Gasteiger partial charge in [0.1, 0.15) is 5.54 Å². The fourth-order valence-electron chi connectivity index (χ4n) is 1.96. The molecule has 0 heterocycles. The molecule has 3 nitrogen and oxygen atoms in total. The van der Waals surface area contributed by atoms with E-state index in [9.17, 15) is 23.1 Å². The van der Waals surface area contributed by atoms with Gasteiger partial charge in [-0.15, -0.1) is 0 Å². The number of carbonyl (C=O) groups is 1. The summed E-state index contributed by atoms with van der Waals surface area (Å²) in [4.78, 5) is 11.5. The van der Waals surface area contributed by atoms with E-state index in [1.165, 1.54) is 19.1 Å². The first kappa shape index (κ1) is 14.8. The third-order valence-electron chi connectivity index (χ3n) is 3.66. The fourth-order valence-corrected chi connectivity index (χ4v) is 1.96. The standard InChI is InChI=1S/C14H16F3NO2/c1-13(12(19)20,18-8-9-2-3-9)10-4-6-11(7-5-10)14(15,16)17/h4-7,9,18H,2-3,8H2,1H3,(H,19,20). The highest BCUT2D eigenvalue weighted by molar-refractivity contribution is 5.80. The molecule has 2 rings (SSSR count). The molecule has 110 valence electrons. The van der Waals surface area contributed by atoms with E-state index in [0.717, 1.165) is 25.0 Å². The second-order valence-corrected chi connectivity index (χ2v) is 5.33. The smallest absolute Gasteiger partial charge is 0.416 e. The lowest BCUT2D eigenvalue weighted by Gasteiger charge is -2.27.